The van der Waals surface area contributed by atoms with E-state index in [9.17, 15) is 24.6 Å². The van der Waals surface area contributed by atoms with Gasteiger partial charge in [0, 0.05) is 29.6 Å². The lowest BCUT2D eigenvalue weighted by atomic mass is 10.1. The summed E-state index contributed by atoms with van der Waals surface area (Å²) >= 11 is 0. The molecular weight excluding hydrogens is 434 g/mol. The van der Waals surface area contributed by atoms with Crippen molar-refractivity contribution in [3.8, 4) is 11.3 Å². The van der Waals surface area contributed by atoms with Gasteiger partial charge in [-0.2, -0.15) is 0 Å². The van der Waals surface area contributed by atoms with E-state index in [4.69, 9.17) is 9.15 Å². The molecule has 170 valence electrons. The van der Waals surface area contributed by atoms with Gasteiger partial charge in [-0.3, -0.25) is 14.3 Å². The number of ether oxygens (including phenoxy) is 1. The molecule has 12 nitrogen and oxygen atoms in total. The number of aliphatic hydroxyl groups excluding tert-OH is 2. The zero-order valence-electron chi connectivity index (χ0n) is 17.1. The minimum Gasteiger partial charge on any atom is -0.423 e. The molecule has 0 amide bonds. The van der Waals surface area contributed by atoms with Crippen LogP contribution in [0.25, 0.3) is 22.2 Å². The topological polar surface area (TPSA) is 165 Å². The van der Waals surface area contributed by atoms with E-state index in [0.29, 0.717) is 16.8 Å². The number of fused-ring (bicyclic) bond motifs is 1. The van der Waals surface area contributed by atoms with Crippen molar-refractivity contribution in [1.29, 1.82) is 0 Å². The van der Waals surface area contributed by atoms with Gasteiger partial charge in [-0.1, -0.05) is 17.3 Å². The Kier molecular flexibility index (Phi) is 5.24. The average molecular weight is 453 g/mol. The number of rotatable bonds is 5. The van der Waals surface area contributed by atoms with Crippen LogP contribution in [0.4, 0.5) is 0 Å². The van der Waals surface area contributed by atoms with E-state index < -0.39 is 35.3 Å². The molecule has 1 fully saturated rings. The minimum atomic E-state index is -0.925. The molecule has 33 heavy (non-hydrogen) atoms. The summed E-state index contributed by atoms with van der Waals surface area (Å²) in [7, 11) is 0. The maximum Gasteiger partial charge on any atom is 0.336 e. The van der Waals surface area contributed by atoms with Crippen molar-refractivity contribution in [3.05, 3.63) is 79.5 Å². The highest BCUT2D eigenvalue weighted by molar-refractivity contribution is 5.81. The van der Waals surface area contributed by atoms with Gasteiger partial charge in [-0.25, -0.2) is 14.3 Å². The van der Waals surface area contributed by atoms with Crippen molar-refractivity contribution in [1.82, 2.24) is 24.5 Å². The lowest BCUT2D eigenvalue weighted by Gasteiger charge is -2.15. The quantitative estimate of drug-likeness (QED) is 0.341. The van der Waals surface area contributed by atoms with Gasteiger partial charge in [-0.05, 0) is 12.1 Å². The van der Waals surface area contributed by atoms with Gasteiger partial charge in [0.1, 0.15) is 23.6 Å². The second-order valence-electron chi connectivity index (χ2n) is 7.74. The van der Waals surface area contributed by atoms with Gasteiger partial charge in [0.15, 0.2) is 0 Å². The van der Waals surface area contributed by atoms with Crippen molar-refractivity contribution in [2.75, 3.05) is 6.61 Å². The molecule has 3 aromatic heterocycles. The van der Waals surface area contributed by atoms with Gasteiger partial charge < -0.3 is 19.4 Å². The molecule has 1 aromatic carbocycles. The molecule has 0 aliphatic carbocycles. The van der Waals surface area contributed by atoms with Gasteiger partial charge in [0.25, 0.3) is 5.56 Å². The van der Waals surface area contributed by atoms with Crippen LogP contribution in [0.1, 0.15) is 18.2 Å². The minimum absolute atomic E-state index is 0.0178. The van der Waals surface area contributed by atoms with Crippen LogP contribution in [0.15, 0.2) is 61.5 Å². The maximum atomic E-state index is 12.3. The van der Waals surface area contributed by atoms with E-state index in [2.05, 4.69) is 15.3 Å². The first-order valence-electron chi connectivity index (χ1n) is 10.1. The fraction of sp³-hybridized carbons (Fsp3) is 0.286. The van der Waals surface area contributed by atoms with Crippen LogP contribution >= 0.6 is 0 Å². The molecule has 0 unspecified atom stereocenters. The summed E-state index contributed by atoms with van der Waals surface area (Å²) in [6.07, 6.45) is 0.521. The number of hydrogen-bond acceptors (Lipinski definition) is 9. The zero-order valence-corrected chi connectivity index (χ0v) is 17.1. The molecule has 0 bridgehead atoms. The third-order valence-electron chi connectivity index (χ3n) is 5.53. The van der Waals surface area contributed by atoms with Crippen molar-refractivity contribution in [2.45, 2.75) is 31.4 Å². The van der Waals surface area contributed by atoms with E-state index >= 15 is 0 Å². The highest BCUT2D eigenvalue weighted by Gasteiger charge is 2.35. The Balaban J connectivity index is 1.42. The van der Waals surface area contributed by atoms with E-state index in [1.165, 1.54) is 21.5 Å². The van der Waals surface area contributed by atoms with E-state index in [-0.39, 0.29) is 25.1 Å². The number of hydrogen-bond donors (Lipinski definition) is 3. The first kappa shape index (κ1) is 21.0. The number of H-pyrrole nitrogens is 1. The highest BCUT2D eigenvalue weighted by Crippen LogP contribution is 2.27. The Labute approximate surface area is 184 Å². The Morgan fingerprint density at radius 1 is 1.15 bits per heavy atom. The van der Waals surface area contributed by atoms with Gasteiger partial charge in [0.05, 0.1) is 31.0 Å². The Bertz CT molecular complexity index is 1500. The molecule has 12 heteroatoms. The molecule has 1 saturated heterocycles. The fourth-order valence-electron chi connectivity index (χ4n) is 3.81. The largest absolute Gasteiger partial charge is 0.423 e. The second-order valence-corrected chi connectivity index (χ2v) is 7.74. The summed E-state index contributed by atoms with van der Waals surface area (Å²) in [5.74, 6) is 0. The average Bonchev–Trinajstić information content (AvgIpc) is 3.41. The first-order valence-corrected chi connectivity index (χ1v) is 10.1. The molecule has 1 aliphatic rings. The van der Waals surface area contributed by atoms with E-state index in [0.717, 1.165) is 5.39 Å². The van der Waals surface area contributed by atoms with Crippen molar-refractivity contribution < 1.29 is 19.4 Å². The molecule has 5 rings (SSSR count). The Hall–Kier alpha value is -3.87. The van der Waals surface area contributed by atoms with Crippen molar-refractivity contribution in [3.63, 3.8) is 0 Å². The molecule has 3 atom stereocenters. The van der Waals surface area contributed by atoms with Crippen molar-refractivity contribution >= 4 is 11.0 Å². The summed E-state index contributed by atoms with van der Waals surface area (Å²) in [5, 5.41) is 28.1. The summed E-state index contributed by atoms with van der Waals surface area (Å²) in [4.78, 5) is 38.3. The lowest BCUT2D eigenvalue weighted by molar-refractivity contribution is -0.0460. The van der Waals surface area contributed by atoms with Crippen LogP contribution in [0, 0.1) is 0 Å². The van der Waals surface area contributed by atoms with Crippen LogP contribution < -0.4 is 16.9 Å². The molecule has 4 aromatic rings. The van der Waals surface area contributed by atoms with E-state index in [1.807, 2.05) is 6.07 Å². The fourth-order valence-corrected chi connectivity index (χ4v) is 3.81. The van der Waals surface area contributed by atoms with Crippen LogP contribution in [0.3, 0.4) is 0 Å². The third-order valence-corrected chi connectivity index (χ3v) is 5.53. The molecule has 4 heterocycles. The van der Waals surface area contributed by atoms with Gasteiger partial charge in [-0.15, -0.1) is 5.10 Å². The molecule has 0 saturated carbocycles. The zero-order chi connectivity index (χ0) is 23.1. The SMILES string of the molecule is O=c1ccc2ccc(-c3cn(Cc4cn([C@H]5C[C@H](O)[C@@H](CO)O5)c(=O)[nH]c4=O)nn3)cc2o1. The molecule has 0 spiro atoms. The Morgan fingerprint density at radius 3 is 2.76 bits per heavy atom. The monoisotopic (exact) mass is 453 g/mol. The summed E-state index contributed by atoms with van der Waals surface area (Å²) in [5.41, 5.74) is 0.0851. The van der Waals surface area contributed by atoms with Gasteiger partial charge in [0.2, 0.25) is 0 Å². The third kappa shape index (κ3) is 4.02. The highest BCUT2D eigenvalue weighted by atomic mass is 16.5. The number of aliphatic hydroxyl groups is 2. The number of benzene rings is 1. The molecule has 0 radical (unpaired) electrons. The van der Waals surface area contributed by atoms with Gasteiger partial charge >= 0.3 is 11.3 Å². The molecule has 1 aliphatic heterocycles. The molecular formula is C21H19N5O7. The van der Waals surface area contributed by atoms with Crippen LogP contribution in [-0.4, -0.2) is 53.6 Å². The predicted molar refractivity (Wildman–Crippen MR) is 114 cm³/mol. The number of nitrogens with one attached hydrogen (secondary N) is 1. The van der Waals surface area contributed by atoms with Crippen LogP contribution in [0.2, 0.25) is 0 Å². The standard InChI is InChI=1S/C21H19N5O7/c27-10-17-15(28)6-18(32-17)26-8-13(20(30)22-21(26)31)7-25-9-14(23-24-25)12-2-1-11-3-4-19(29)33-16(11)5-12/h1-5,8-9,15,17-18,27-28H,6-7,10H2,(H,22,30,31)/t15-,17+,18+/m0/s1. The van der Waals surface area contributed by atoms with Crippen LogP contribution in [0.5, 0.6) is 0 Å². The molecule has 3 N–H and O–H groups in total. The first-order chi connectivity index (χ1) is 15.9. The van der Waals surface area contributed by atoms with Crippen molar-refractivity contribution in [2.24, 2.45) is 0 Å². The summed E-state index contributed by atoms with van der Waals surface area (Å²) in [6.45, 7) is -0.369. The maximum absolute atomic E-state index is 12.3. The number of aromatic nitrogens is 5. The number of aromatic amines is 1. The second kappa shape index (κ2) is 8.24. The summed E-state index contributed by atoms with van der Waals surface area (Å²) in [6, 6.07) is 8.29. The smallest absolute Gasteiger partial charge is 0.336 e. The summed E-state index contributed by atoms with van der Waals surface area (Å²) < 4.78 is 13.3. The predicted octanol–water partition coefficient (Wildman–Crippen LogP) is -0.410. The lowest BCUT2D eigenvalue weighted by Crippen LogP contribution is -2.34. The Morgan fingerprint density at radius 2 is 1.97 bits per heavy atom. The normalized spacial score (nSPS) is 20.5. The van der Waals surface area contributed by atoms with Crippen LogP contribution in [-0.2, 0) is 11.3 Å². The number of nitrogens with zero attached hydrogens (tertiary/aromatic N) is 4. The van der Waals surface area contributed by atoms with E-state index in [1.54, 1.807) is 24.4 Å².